The molecule has 126 valence electrons. The smallest absolute Gasteiger partial charge is 0.338 e. The summed E-state index contributed by atoms with van der Waals surface area (Å²) in [6.45, 7) is 0.245. The van der Waals surface area contributed by atoms with Crippen LogP contribution >= 0.6 is 15.9 Å². The summed E-state index contributed by atoms with van der Waals surface area (Å²) in [6.07, 6.45) is 0. The minimum absolute atomic E-state index is 0.0307. The molecule has 0 radical (unpaired) electrons. The van der Waals surface area contributed by atoms with Gasteiger partial charge in [-0.2, -0.15) is 0 Å². The lowest BCUT2D eigenvalue weighted by molar-refractivity contribution is 0.0464. The second-order valence-corrected chi connectivity index (χ2v) is 6.25. The molecule has 0 bridgehead atoms. The predicted molar refractivity (Wildman–Crippen MR) is 91.3 cm³/mol. The summed E-state index contributed by atoms with van der Waals surface area (Å²) >= 11 is 3.32. The minimum atomic E-state index is -0.417. The zero-order chi connectivity index (χ0) is 17.2. The van der Waals surface area contributed by atoms with E-state index in [0.717, 1.165) is 10.0 Å². The first kappa shape index (κ1) is 15.7. The van der Waals surface area contributed by atoms with Gasteiger partial charge in [0, 0.05) is 16.1 Å². The van der Waals surface area contributed by atoms with E-state index >= 15 is 0 Å². The van der Waals surface area contributed by atoms with Crippen molar-refractivity contribution in [3.63, 3.8) is 0 Å². The highest BCUT2D eigenvalue weighted by Crippen LogP contribution is 2.36. The van der Waals surface area contributed by atoms with Crippen LogP contribution in [0.4, 0.5) is 0 Å². The van der Waals surface area contributed by atoms with Gasteiger partial charge >= 0.3 is 5.97 Å². The summed E-state index contributed by atoms with van der Waals surface area (Å²) in [5.41, 5.74) is 1.81. The average Bonchev–Trinajstić information content (AvgIpc) is 3.28. The number of ether oxygens (including phenoxy) is 3. The molecule has 1 aromatic heterocycles. The van der Waals surface area contributed by atoms with Crippen LogP contribution in [-0.4, -0.2) is 17.9 Å². The lowest BCUT2D eigenvalue weighted by Gasteiger charge is -2.02. The third kappa shape index (κ3) is 3.36. The Hall–Kier alpha value is -2.80. The van der Waals surface area contributed by atoms with Crippen LogP contribution < -0.4 is 9.47 Å². The molecule has 0 saturated carbocycles. The lowest BCUT2D eigenvalue weighted by Crippen LogP contribution is -2.05. The quantitative estimate of drug-likeness (QED) is 0.610. The van der Waals surface area contributed by atoms with E-state index in [2.05, 4.69) is 21.1 Å². The van der Waals surface area contributed by atoms with E-state index in [4.69, 9.17) is 18.7 Å². The number of hydrogen-bond acceptors (Lipinski definition) is 6. The maximum Gasteiger partial charge on any atom is 0.338 e. The predicted octanol–water partition coefficient (Wildman–Crippen LogP) is 4.19. The molecule has 2 heterocycles. The van der Waals surface area contributed by atoms with Crippen LogP contribution in [-0.2, 0) is 11.3 Å². The Morgan fingerprint density at radius 3 is 2.72 bits per heavy atom. The van der Waals surface area contributed by atoms with Crippen molar-refractivity contribution in [3.8, 4) is 22.8 Å². The molecule has 0 amide bonds. The van der Waals surface area contributed by atoms with Crippen LogP contribution in [0.5, 0.6) is 11.5 Å². The number of carbonyl (C=O) groups is 1. The van der Waals surface area contributed by atoms with Gasteiger partial charge in [0.15, 0.2) is 17.3 Å². The molecular formula is C18H12BrNO5. The first-order valence-electron chi connectivity index (χ1n) is 7.47. The Labute approximate surface area is 151 Å². The Balaban J connectivity index is 1.43. The van der Waals surface area contributed by atoms with Gasteiger partial charge in [-0.1, -0.05) is 21.1 Å². The van der Waals surface area contributed by atoms with Gasteiger partial charge in [0.1, 0.15) is 12.3 Å². The Morgan fingerprint density at radius 2 is 1.88 bits per heavy atom. The monoisotopic (exact) mass is 401 g/mol. The molecule has 4 rings (SSSR count). The van der Waals surface area contributed by atoms with Crippen LogP contribution in [0, 0.1) is 0 Å². The number of hydrogen-bond donors (Lipinski definition) is 0. The van der Waals surface area contributed by atoms with Crippen molar-refractivity contribution in [2.75, 3.05) is 6.79 Å². The zero-order valence-corrected chi connectivity index (χ0v) is 14.5. The Bertz CT molecular complexity index is 919. The first-order valence-corrected chi connectivity index (χ1v) is 8.27. The fourth-order valence-corrected chi connectivity index (χ4v) is 2.64. The van der Waals surface area contributed by atoms with Crippen molar-refractivity contribution in [2.45, 2.75) is 6.61 Å². The van der Waals surface area contributed by atoms with Crippen molar-refractivity contribution in [2.24, 2.45) is 0 Å². The molecule has 7 heteroatoms. The second-order valence-electron chi connectivity index (χ2n) is 5.33. The molecule has 3 aromatic rings. The zero-order valence-electron chi connectivity index (χ0n) is 12.9. The maximum atomic E-state index is 12.0. The molecule has 0 saturated heterocycles. The molecule has 2 aromatic carbocycles. The number of nitrogens with zero attached hydrogens (tertiary/aromatic N) is 1. The Kier molecular flexibility index (Phi) is 4.15. The second kappa shape index (κ2) is 6.60. The highest BCUT2D eigenvalue weighted by molar-refractivity contribution is 9.10. The molecule has 0 spiro atoms. The van der Waals surface area contributed by atoms with E-state index in [-0.39, 0.29) is 13.4 Å². The minimum Gasteiger partial charge on any atom is -0.455 e. The third-order valence-corrected chi connectivity index (χ3v) is 4.18. The first-order chi connectivity index (χ1) is 12.2. The third-order valence-electron chi connectivity index (χ3n) is 3.65. The van der Waals surface area contributed by atoms with Gasteiger partial charge in [-0.25, -0.2) is 4.79 Å². The van der Waals surface area contributed by atoms with Gasteiger partial charge < -0.3 is 18.7 Å². The van der Waals surface area contributed by atoms with E-state index in [1.807, 2.05) is 18.2 Å². The number of carbonyl (C=O) groups excluding carboxylic acids is 1. The van der Waals surface area contributed by atoms with Crippen LogP contribution in [0.1, 0.15) is 16.1 Å². The van der Waals surface area contributed by atoms with Crippen LogP contribution in [0.3, 0.4) is 0 Å². The van der Waals surface area contributed by atoms with Crippen molar-refractivity contribution in [1.29, 1.82) is 0 Å². The molecule has 1 aliphatic rings. The molecule has 6 nitrogen and oxygen atoms in total. The largest absolute Gasteiger partial charge is 0.455 e. The summed E-state index contributed by atoms with van der Waals surface area (Å²) < 4.78 is 22.1. The van der Waals surface area contributed by atoms with Crippen molar-refractivity contribution < 1.29 is 23.5 Å². The summed E-state index contributed by atoms with van der Waals surface area (Å²) in [7, 11) is 0. The average molecular weight is 402 g/mol. The number of benzene rings is 2. The molecule has 0 N–H and O–H groups in total. The lowest BCUT2D eigenvalue weighted by atomic mass is 10.1. The molecule has 25 heavy (non-hydrogen) atoms. The summed E-state index contributed by atoms with van der Waals surface area (Å²) in [4.78, 5) is 12.0. The number of fused-ring (bicyclic) bond motifs is 1. The van der Waals surface area contributed by atoms with Gasteiger partial charge in [0.05, 0.1) is 5.56 Å². The molecule has 0 atom stereocenters. The fourth-order valence-electron chi connectivity index (χ4n) is 2.37. The number of halogens is 1. The normalized spacial score (nSPS) is 12.2. The van der Waals surface area contributed by atoms with Gasteiger partial charge in [0.25, 0.3) is 0 Å². The van der Waals surface area contributed by atoms with Crippen molar-refractivity contribution in [1.82, 2.24) is 5.16 Å². The number of rotatable bonds is 4. The van der Waals surface area contributed by atoms with Gasteiger partial charge in [-0.15, -0.1) is 0 Å². The standard InChI is InChI=1S/C18H12BrNO5/c19-13-4-1-11(2-5-13)18(21)22-9-14-8-16(25-20-14)12-3-6-15-17(7-12)24-10-23-15/h1-8H,9-10H2. The topological polar surface area (TPSA) is 70.8 Å². The van der Waals surface area contributed by atoms with E-state index < -0.39 is 5.97 Å². The summed E-state index contributed by atoms with van der Waals surface area (Å²) in [5, 5.41) is 3.93. The molecule has 0 aliphatic carbocycles. The van der Waals surface area contributed by atoms with Gasteiger partial charge in [-0.05, 0) is 42.5 Å². The SMILES string of the molecule is O=C(OCc1cc(-c2ccc3c(c2)OCO3)on1)c1ccc(Br)cc1. The summed E-state index contributed by atoms with van der Waals surface area (Å²) in [6, 6.07) is 14.2. The number of aromatic nitrogens is 1. The highest BCUT2D eigenvalue weighted by Gasteiger charge is 2.16. The summed E-state index contributed by atoms with van der Waals surface area (Å²) in [5.74, 6) is 1.51. The Morgan fingerprint density at radius 1 is 1.08 bits per heavy atom. The molecule has 0 fully saturated rings. The van der Waals surface area contributed by atoms with E-state index in [9.17, 15) is 4.79 Å². The maximum absolute atomic E-state index is 12.0. The van der Waals surface area contributed by atoms with Crippen LogP contribution in [0.2, 0.25) is 0 Å². The van der Waals surface area contributed by atoms with E-state index in [1.165, 1.54) is 0 Å². The number of esters is 1. The fraction of sp³-hybridized carbons (Fsp3) is 0.111. The van der Waals surface area contributed by atoms with Crippen LogP contribution in [0.25, 0.3) is 11.3 Å². The van der Waals surface area contributed by atoms with Crippen molar-refractivity contribution in [3.05, 3.63) is 64.3 Å². The molecular weight excluding hydrogens is 390 g/mol. The van der Waals surface area contributed by atoms with Gasteiger partial charge in [-0.3, -0.25) is 0 Å². The molecule has 1 aliphatic heterocycles. The molecule has 0 unspecified atom stereocenters. The van der Waals surface area contributed by atoms with Gasteiger partial charge in [0.2, 0.25) is 6.79 Å². The van der Waals surface area contributed by atoms with Crippen LogP contribution in [0.15, 0.2) is 57.5 Å². The highest BCUT2D eigenvalue weighted by atomic mass is 79.9. The van der Waals surface area contributed by atoms with Crippen molar-refractivity contribution >= 4 is 21.9 Å². The van der Waals surface area contributed by atoms with E-state index in [0.29, 0.717) is 28.5 Å². The van der Waals surface area contributed by atoms with E-state index in [1.54, 1.807) is 30.3 Å².